The molecule has 0 spiro atoms. The van der Waals surface area contributed by atoms with E-state index in [2.05, 4.69) is 9.88 Å². The molecule has 0 unspecified atom stereocenters. The van der Waals surface area contributed by atoms with Crippen LogP contribution in [-0.2, 0) is 10.2 Å². The van der Waals surface area contributed by atoms with E-state index in [1.807, 2.05) is 36.4 Å². The van der Waals surface area contributed by atoms with Crippen molar-refractivity contribution in [2.24, 2.45) is 0 Å². The smallest absolute Gasteiger partial charge is 0.282 e. The predicted molar refractivity (Wildman–Crippen MR) is 126 cm³/mol. The van der Waals surface area contributed by atoms with E-state index in [1.165, 1.54) is 0 Å². The van der Waals surface area contributed by atoms with E-state index >= 15 is 0 Å². The first-order chi connectivity index (χ1) is 15.6. The van der Waals surface area contributed by atoms with Crippen molar-refractivity contribution in [3.63, 3.8) is 0 Å². The molecule has 0 amide bonds. The van der Waals surface area contributed by atoms with Gasteiger partial charge in [-0.2, -0.15) is 17.0 Å². The third-order valence-corrected chi connectivity index (χ3v) is 8.31. The number of hydrogen-bond acceptors (Lipinski definition) is 6. The maximum Gasteiger partial charge on any atom is 0.282 e. The number of hydrogen-bond donors (Lipinski definition) is 0. The molecular formula is C23H28N6O2S. The van der Waals surface area contributed by atoms with E-state index in [4.69, 9.17) is 9.97 Å². The average molecular weight is 453 g/mol. The molecule has 8 nitrogen and oxygen atoms in total. The molecule has 9 heteroatoms. The van der Waals surface area contributed by atoms with Crippen molar-refractivity contribution in [3.8, 4) is 11.4 Å². The number of rotatable bonds is 4. The molecule has 168 valence electrons. The quantitative estimate of drug-likeness (QED) is 0.605. The number of nitrogens with zero attached hydrogens (tertiary/aromatic N) is 6. The first-order valence-electron chi connectivity index (χ1n) is 11.3. The van der Waals surface area contributed by atoms with Gasteiger partial charge in [-0.25, -0.2) is 9.97 Å². The highest BCUT2D eigenvalue weighted by atomic mass is 32.2. The number of pyridine rings is 1. The van der Waals surface area contributed by atoms with Gasteiger partial charge in [-0.05, 0) is 37.1 Å². The fourth-order valence-corrected chi connectivity index (χ4v) is 6.17. The minimum Gasteiger partial charge on any atom is -0.353 e. The maximum absolute atomic E-state index is 13.2. The molecule has 0 aliphatic carbocycles. The van der Waals surface area contributed by atoms with Crippen LogP contribution in [0, 0.1) is 0 Å². The van der Waals surface area contributed by atoms with Gasteiger partial charge in [-0.3, -0.25) is 4.98 Å². The number of fused-ring (bicyclic) bond motifs is 1. The van der Waals surface area contributed by atoms with Gasteiger partial charge in [0, 0.05) is 62.6 Å². The van der Waals surface area contributed by atoms with Crippen molar-refractivity contribution >= 4 is 26.9 Å². The molecule has 3 aromatic rings. The van der Waals surface area contributed by atoms with E-state index in [-0.39, 0.29) is 0 Å². The Morgan fingerprint density at radius 1 is 0.719 bits per heavy atom. The lowest BCUT2D eigenvalue weighted by Crippen LogP contribution is -2.53. The molecule has 5 rings (SSSR count). The summed E-state index contributed by atoms with van der Waals surface area (Å²) in [6.45, 7) is 3.39. The Balaban J connectivity index is 1.40. The minimum atomic E-state index is -3.41. The Morgan fingerprint density at radius 2 is 1.38 bits per heavy atom. The molecule has 0 atom stereocenters. The van der Waals surface area contributed by atoms with Crippen LogP contribution in [0.4, 0.5) is 5.82 Å². The fourth-order valence-electron chi connectivity index (χ4n) is 4.50. The molecule has 0 bridgehead atoms. The average Bonchev–Trinajstić information content (AvgIpc) is 3.14. The van der Waals surface area contributed by atoms with E-state index in [0.29, 0.717) is 45.1 Å². The van der Waals surface area contributed by atoms with Crippen LogP contribution in [0.3, 0.4) is 0 Å². The molecule has 32 heavy (non-hydrogen) atoms. The molecule has 2 fully saturated rings. The van der Waals surface area contributed by atoms with Gasteiger partial charge in [0.25, 0.3) is 10.2 Å². The lowest BCUT2D eigenvalue weighted by molar-refractivity contribution is 0.327. The second-order valence-corrected chi connectivity index (χ2v) is 10.3. The third-order valence-electron chi connectivity index (χ3n) is 6.28. The van der Waals surface area contributed by atoms with Gasteiger partial charge >= 0.3 is 0 Å². The zero-order chi connectivity index (χ0) is 22.0. The SMILES string of the molecule is O=S(=O)(N1CCCCCC1)N1CCN(c2nc(-c3ccncc3)nc3ccccc23)CC1. The largest absolute Gasteiger partial charge is 0.353 e. The molecule has 0 radical (unpaired) electrons. The van der Waals surface area contributed by atoms with Gasteiger partial charge in [0.2, 0.25) is 0 Å². The topological polar surface area (TPSA) is 82.5 Å². The number of anilines is 1. The van der Waals surface area contributed by atoms with E-state index in [1.54, 1.807) is 21.0 Å². The second kappa shape index (κ2) is 9.09. The van der Waals surface area contributed by atoms with Crippen molar-refractivity contribution in [1.29, 1.82) is 0 Å². The van der Waals surface area contributed by atoms with Crippen molar-refractivity contribution in [2.45, 2.75) is 25.7 Å². The van der Waals surface area contributed by atoms with E-state index in [9.17, 15) is 8.42 Å². The number of aromatic nitrogens is 3. The summed E-state index contributed by atoms with van der Waals surface area (Å²) in [6, 6.07) is 11.8. The highest BCUT2D eigenvalue weighted by molar-refractivity contribution is 7.86. The predicted octanol–water partition coefficient (Wildman–Crippen LogP) is 2.93. The van der Waals surface area contributed by atoms with Crippen LogP contribution < -0.4 is 4.90 Å². The monoisotopic (exact) mass is 452 g/mol. The summed E-state index contributed by atoms with van der Waals surface area (Å²) in [7, 11) is -3.41. The molecule has 4 heterocycles. The normalized spacial score (nSPS) is 19.2. The molecule has 1 aromatic carbocycles. The zero-order valence-corrected chi connectivity index (χ0v) is 18.9. The molecule has 2 aromatic heterocycles. The van der Waals surface area contributed by atoms with E-state index in [0.717, 1.165) is 48.0 Å². The summed E-state index contributed by atoms with van der Waals surface area (Å²) >= 11 is 0. The molecule has 2 saturated heterocycles. The Hall–Kier alpha value is -2.62. The first-order valence-corrected chi connectivity index (χ1v) is 12.7. The summed E-state index contributed by atoms with van der Waals surface area (Å²) in [5.74, 6) is 1.51. The van der Waals surface area contributed by atoms with Gasteiger partial charge in [0.15, 0.2) is 5.82 Å². The van der Waals surface area contributed by atoms with Gasteiger partial charge in [0.05, 0.1) is 5.52 Å². The van der Waals surface area contributed by atoms with Gasteiger partial charge < -0.3 is 4.90 Å². The molecule has 2 aliphatic heterocycles. The Bertz CT molecular complexity index is 1170. The highest BCUT2D eigenvalue weighted by Crippen LogP contribution is 2.29. The first kappa shape index (κ1) is 21.2. The number of piperazine rings is 1. The lowest BCUT2D eigenvalue weighted by Gasteiger charge is -2.37. The summed E-state index contributed by atoms with van der Waals surface area (Å²) in [4.78, 5) is 15.9. The van der Waals surface area contributed by atoms with Crippen LogP contribution in [0.15, 0.2) is 48.8 Å². The maximum atomic E-state index is 13.2. The zero-order valence-electron chi connectivity index (χ0n) is 18.1. The number of benzene rings is 1. The molecule has 0 saturated carbocycles. The Morgan fingerprint density at radius 3 is 2.09 bits per heavy atom. The van der Waals surface area contributed by atoms with Crippen molar-refractivity contribution < 1.29 is 8.42 Å². The minimum absolute atomic E-state index is 0.460. The molecular weight excluding hydrogens is 424 g/mol. The summed E-state index contributed by atoms with van der Waals surface area (Å²) < 4.78 is 29.7. The summed E-state index contributed by atoms with van der Waals surface area (Å²) in [6.07, 6.45) is 7.59. The molecule has 2 aliphatic rings. The highest BCUT2D eigenvalue weighted by Gasteiger charge is 2.33. The van der Waals surface area contributed by atoms with Gasteiger partial charge in [0.1, 0.15) is 5.82 Å². The van der Waals surface area contributed by atoms with Crippen molar-refractivity contribution in [1.82, 2.24) is 23.6 Å². The van der Waals surface area contributed by atoms with Crippen LogP contribution >= 0.6 is 0 Å². The number of para-hydroxylation sites is 1. The molecule has 0 N–H and O–H groups in total. The van der Waals surface area contributed by atoms with Crippen LogP contribution in [-0.4, -0.2) is 71.2 Å². The van der Waals surface area contributed by atoms with Crippen LogP contribution in [0.1, 0.15) is 25.7 Å². The van der Waals surface area contributed by atoms with Crippen LogP contribution in [0.25, 0.3) is 22.3 Å². The Kier molecular flexibility index (Phi) is 6.03. The lowest BCUT2D eigenvalue weighted by atomic mass is 10.2. The summed E-state index contributed by atoms with van der Waals surface area (Å²) in [5.41, 5.74) is 1.79. The van der Waals surface area contributed by atoms with Crippen molar-refractivity contribution in [2.75, 3.05) is 44.2 Å². The van der Waals surface area contributed by atoms with Gasteiger partial charge in [-0.15, -0.1) is 0 Å². The standard InChI is InChI=1S/C23H28N6O2S/c30-32(31,28-13-5-1-2-6-14-28)29-17-15-27(16-18-29)23-20-7-3-4-8-21(20)25-22(26-23)19-9-11-24-12-10-19/h3-4,7-12H,1-2,5-6,13-18H2. The van der Waals surface area contributed by atoms with Crippen LogP contribution in [0.2, 0.25) is 0 Å². The Labute approximate surface area is 189 Å². The van der Waals surface area contributed by atoms with Crippen molar-refractivity contribution in [3.05, 3.63) is 48.8 Å². The second-order valence-electron chi connectivity index (χ2n) is 8.33. The van der Waals surface area contributed by atoms with E-state index < -0.39 is 10.2 Å². The van der Waals surface area contributed by atoms with Gasteiger partial charge in [-0.1, -0.05) is 25.0 Å². The van der Waals surface area contributed by atoms with Crippen LogP contribution in [0.5, 0.6) is 0 Å². The fraction of sp³-hybridized carbons (Fsp3) is 0.435. The third kappa shape index (κ3) is 4.20. The summed E-state index contributed by atoms with van der Waals surface area (Å²) in [5, 5.41) is 0.981.